The Labute approximate surface area is 362 Å². The third-order valence-electron chi connectivity index (χ3n) is 8.63. The van der Waals surface area contributed by atoms with Gasteiger partial charge in [0, 0.05) is 32.1 Å². The maximum atomic E-state index is 13.1. The predicted molar refractivity (Wildman–Crippen MR) is 241 cm³/mol. The van der Waals surface area contributed by atoms with Crippen molar-refractivity contribution < 1.29 is 4.39 Å². The van der Waals surface area contributed by atoms with E-state index in [1.54, 1.807) is 21.5 Å². The molecule has 7 heterocycles. The molecule has 0 radical (unpaired) electrons. The van der Waals surface area contributed by atoms with Crippen LogP contribution in [0.25, 0.3) is 28.2 Å². The Bertz CT molecular complexity index is 2670. The van der Waals surface area contributed by atoms with E-state index in [-0.39, 0.29) is 5.82 Å². The third kappa shape index (κ3) is 9.09. The number of aryl methyl sites for hydroxylation is 3. The smallest absolute Gasteiger partial charge is 0.191 e. The maximum absolute atomic E-state index is 13.1. The fourth-order valence-electron chi connectivity index (χ4n) is 5.86. The number of nitrogens with two attached hydrogens (primary N) is 1. The van der Waals surface area contributed by atoms with E-state index in [0.29, 0.717) is 5.11 Å². The maximum Gasteiger partial charge on any atom is 0.191 e. The Morgan fingerprint density at radius 2 is 1.19 bits per heavy atom. The molecule has 0 atom stereocenters. The standard InChI is InChI=1S/C18H15BrFN5S.C10H12BrN5S.C9H11BrN4/c1-3-13-17(25-16(21-13)9-8-15(19)23-25)24(2)18-22-14(10-26-18)11-4-6-12(20)7-5-11;1-3-6-9(15(2)10(12)17)16-8(13-6)5-4-7(11)14-16;1-3-6-9(11-2)14-8(12-6)5-4-7(10)13-14/h4-10H,3H2,1-2H3;4-5H,3H2,1-2H3,(H2,12,17);4-5,11H,3H2,1-2H3. The van der Waals surface area contributed by atoms with Crippen molar-refractivity contribution in [2.24, 2.45) is 5.73 Å². The SMILES string of the molecule is CCc1nc2ccc(Br)nn2c1N(C)C(N)=S.CCc1nc2ccc(Br)nn2c1N(C)c1nc(-c2ccc(F)cc2)cs1.CCc1nc2ccc(Br)nn2c1NC. The van der Waals surface area contributed by atoms with Gasteiger partial charge >= 0.3 is 0 Å². The first-order chi connectivity index (χ1) is 27.4. The van der Waals surface area contributed by atoms with Crippen molar-refractivity contribution in [1.29, 1.82) is 0 Å². The predicted octanol–water partition coefficient (Wildman–Crippen LogP) is 8.91. The fraction of sp³-hybridized carbons (Fsp3) is 0.243. The Morgan fingerprint density at radius 3 is 1.70 bits per heavy atom. The van der Waals surface area contributed by atoms with Crippen LogP contribution in [0.3, 0.4) is 0 Å². The minimum Gasteiger partial charge on any atom is -0.376 e. The molecule has 8 aromatic rings. The number of fused-ring (bicyclic) bond motifs is 3. The number of anilines is 4. The number of hydrogen-bond acceptors (Lipinski definition) is 11. The fourth-order valence-corrected chi connectivity index (χ4v) is 7.62. The van der Waals surface area contributed by atoms with E-state index in [4.69, 9.17) is 22.9 Å². The van der Waals surface area contributed by atoms with Crippen molar-refractivity contribution in [3.05, 3.63) is 103 Å². The van der Waals surface area contributed by atoms with E-state index in [0.717, 1.165) is 101 Å². The van der Waals surface area contributed by atoms with E-state index in [2.05, 4.69) is 97.2 Å². The van der Waals surface area contributed by atoms with Crippen LogP contribution in [0.15, 0.2) is 79.9 Å². The number of nitrogens with one attached hydrogen (secondary N) is 1. The van der Waals surface area contributed by atoms with Gasteiger partial charge in [-0.3, -0.25) is 0 Å². The normalized spacial score (nSPS) is 11.0. The van der Waals surface area contributed by atoms with Crippen molar-refractivity contribution >= 4 is 116 Å². The van der Waals surface area contributed by atoms with Gasteiger partial charge in [-0.25, -0.2) is 24.3 Å². The molecule has 0 unspecified atom stereocenters. The van der Waals surface area contributed by atoms with E-state index in [9.17, 15) is 4.39 Å². The summed E-state index contributed by atoms with van der Waals surface area (Å²) in [7, 11) is 5.65. The van der Waals surface area contributed by atoms with E-state index in [1.807, 2.05) is 83.8 Å². The number of halogens is 4. The molecule has 0 aliphatic rings. The molecular weight excluding hydrogens is 963 g/mol. The van der Waals surface area contributed by atoms with E-state index >= 15 is 0 Å². The van der Waals surface area contributed by atoms with Gasteiger partial charge < -0.3 is 20.9 Å². The largest absolute Gasteiger partial charge is 0.376 e. The van der Waals surface area contributed by atoms with Crippen molar-refractivity contribution in [3.8, 4) is 11.3 Å². The number of thiazole rings is 1. The van der Waals surface area contributed by atoms with Gasteiger partial charge in [-0.1, -0.05) is 20.8 Å². The van der Waals surface area contributed by atoms with Gasteiger partial charge in [-0.05, 0) is 140 Å². The molecule has 0 amide bonds. The highest BCUT2D eigenvalue weighted by atomic mass is 79.9. The molecule has 0 bridgehead atoms. The van der Waals surface area contributed by atoms with Crippen LogP contribution >= 0.6 is 71.3 Å². The molecule has 3 N–H and O–H groups in total. The first kappa shape index (κ1) is 42.0. The summed E-state index contributed by atoms with van der Waals surface area (Å²) < 4.78 is 20.8. The van der Waals surface area contributed by atoms with Gasteiger partial charge in [0.2, 0.25) is 0 Å². The lowest BCUT2D eigenvalue weighted by molar-refractivity contribution is 0.628. The second-order valence-corrected chi connectivity index (χ2v) is 15.9. The zero-order valence-electron chi connectivity index (χ0n) is 31.7. The number of imidazole rings is 3. The van der Waals surface area contributed by atoms with Crippen LogP contribution in [0.2, 0.25) is 0 Å². The van der Waals surface area contributed by atoms with Crippen molar-refractivity contribution in [2.75, 3.05) is 36.3 Å². The summed E-state index contributed by atoms with van der Waals surface area (Å²) in [6.07, 6.45) is 2.48. The second kappa shape index (κ2) is 18.3. The lowest BCUT2D eigenvalue weighted by atomic mass is 10.2. The average molecular weight is 1000 g/mol. The molecule has 296 valence electrons. The topological polar surface area (TPSA) is 148 Å². The number of nitrogens with zero attached hydrogens (tertiary/aromatic N) is 12. The zero-order chi connectivity index (χ0) is 41.0. The van der Waals surface area contributed by atoms with Gasteiger partial charge in [0.05, 0.1) is 22.8 Å². The molecule has 0 saturated heterocycles. The van der Waals surface area contributed by atoms with E-state index in [1.165, 1.54) is 23.5 Å². The van der Waals surface area contributed by atoms with Crippen molar-refractivity contribution in [3.63, 3.8) is 0 Å². The molecule has 20 heteroatoms. The molecule has 1 aromatic carbocycles. The molecule has 0 aliphatic heterocycles. The summed E-state index contributed by atoms with van der Waals surface area (Å²) in [5, 5.41) is 19.4. The third-order valence-corrected chi connectivity index (χ3v) is 11.1. The number of thiocarbonyl (C=S) groups is 1. The van der Waals surface area contributed by atoms with Crippen molar-refractivity contribution in [2.45, 2.75) is 40.0 Å². The highest BCUT2D eigenvalue weighted by Crippen LogP contribution is 2.33. The van der Waals surface area contributed by atoms with Gasteiger partial charge in [0.25, 0.3) is 0 Å². The van der Waals surface area contributed by atoms with Gasteiger partial charge in [-0.2, -0.15) is 28.8 Å². The summed E-state index contributed by atoms with van der Waals surface area (Å²) in [6, 6.07) is 17.7. The summed E-state index contributed by atoms with van der Waals surface area (Å²) in [5.41, 5.74) is 12.7. The van der Waals surface area contributed by atoms with Crippen LogP contribution in [0.4, 0.5) is 27.0 Å². The molecule has 7 aromatic heterocycles. The second-order valence-electron chi connectivity index (χ2n) is 12.2. The lowest BCUT2D eigenvalue weighted by Crippen LogP contribution is -2.33. The summed E-state index contributed by atoms with van der Waals surface area (Å²) in [5.74, 6) is 2.42. The highest BCUT2D eigenvalue weighted by molar-refractivity contribution is 9.11. The first-order valence-corrected chi connectivity index (χ1v) is 21.3. The van der Waals surface area contributed by atoms with Gasteiger partial charge in [-0.15, -0.1) is 11.3 Å². The van der Waals surface area contributed by atoms with Crippen LogP contribution in [-0.2, 0) is 19.3 Å². The number of rotatable bonds is 8. The molecule has 0 fully saturated rings. The Kier molecular flexibility index (Phi) is 13.5. The molecule has 0 saturated carbocycles. The monoisotopic (exact) mass is 998 g/mol. The number of hydrogen-bond donors (Lipinski definition) is 2. The number of benzene rings is 1. The summed E-state index contributed by atoms with van der Waals surface area (Å²) in [6.45, 7) is 6.19. The Hall–Kier alpha value is -4.63. The molecule has 0 spiro atoms. The van der Waals surface area contributed by atoms with Crippen LogP contribution in [0.5, 0.6) is 0 Å². The Morgan fingerprint density at radius 1 is 0.719 bits per heavy atom. The van der Waals surface area contributed by atoms with Crippen LogP contribution < -0.4 is 20.9 Å². The lowest BCUT2D eigenvalue weighted by Gasteiger charge is -2.16. The van der Waals surface area contributed by atoms with Gasteiger partial charge in [0.15, 0.2) is 44.6 Å². The molecule has 14 nitrogen and oxygen atoms in total. The van der Waals surface area contributed by atoms with Crippen LogP contribution in [0.1, 0.15) is 37.9 Å². The minimum atomic E-state index is -0.253. The highest BCUT2D eigenvalue weighted by Gasteiger charge is 2.21. The molecule has 8 rings (SSSR count). The van der Waals surface area contributed by atoms with Crippen LogP contribution in [0, 0.1) is 5.82 Å². The Balaban J connectivity index is 0.000000154. The first-order valence-electron chi connectivity index (χ1n) is 17.7. The minimum absolute atomic E-state index is 0.253. The molecular formula is C37H38Br3FN14S2. The number of aromatic nitrogens is 10. The van der Waals surface area contributed by atoms with E-state index < -0.39 is 0 Å². The average Bonchev–Trinajstić information content (AvgIpc) is 4.00. The van der Waals surface area contributed by atoms with Gasteiger partial charge in [0.1, 0.15) is 19.6 Å². The summed E-state index contributed by atoms with van der Waals surface area (Å²) in [4.78, 5) is 22.0. The van der Waals surface area contributed by atoms with Crippen molar-refractivity contribution in [1.82, 2.24) is 48.8 Å². The molecule has 57 heavy (non-hydrogen) atoms. The molecule has 0 aliphatic carbocycles. The zero-order valence-corrected chi connectivity index (χ0v) is 38.1. The van der Waals surface area contributed by atoms with Crippen LogP contribution in [-0.4, -0.2) is 75.0 Å². The summed E-state index contributed by atoms with van der Waals surface area (Å²) >= 11 is 16.6. The quantitative estimate of drug-likeness (QED) is 0.140.